The van der Waals surface area contributed by atoms with E-state index < -0.39 is 0 Å². The molecular weight excluding hydrogens is 202 g/mol. The maximum atomic E-state index is 5.52. The zero-order valence-corrected chi connectivity index (χ0v) is 8.94. The fraction of sp³-hybridized carbons (Fsp3) is 0.333. The lowest BCUT2D eigenvalue weighted by Crippen LogP contribution is -2.10. The highest BCUT2D eigenvalue weighted by Gasteiger charge is 2.21. The van der Waals surface area contributed by atoms with Gasteiger partial charge in [-0.15, -0.1) is 0 Å². The summed E-state index contributed by atoms with van der Waals surface area (Å²) in [6.07, 6.45) is 6.15. The summed E-state index contributed by atoms with van der Waals surface area (Å²) in [7, 11) is 0. The third-order valence-corrected chi connectivity index (χ3v) is 2.89. The van der Waals surface area contributed by atoms with Gasteiger partial charge in [0.2, 0.25) is 0 Å². The minimum Gasteiger partial charge on any atom is -0.469 e. The molecule has 1 aliphatic rings. The van der Waals surface area contributed by atoms with Gasteiger partial charge in [0.05, 0.1) is 23.3 Å². The van der Waals surface area contributed by atoms with E-state index in [1.807, 2.05) is 12.3 Å². The zero-order valence-electron chi connectivity index (χ0n) is 8.94. The van der Waals surface area contributed by atoms with Gasteiger partial charge in [-0.1, -0.05) is 0 Å². The highest BCUT2D eigenvalue weighted by molar-refractivity contribution is 5.66. The Balaban J connectivity index is 2.11. The summed E-state index contributed by atoms with van der Waals surface area (Å²) in [6, 6.07) is 1.97. The molecule has 1 aliphatic carbocycles. The molecule has 0 aromatic carbocycles. The van der Waals surface area contributed by atoms with E-state index in [2.05, 4.69) is 9.97 Å². The molecule has 0 saturated carbocycles. The first-order chi connectivity index (χ1) is 7.88. The fourth-order valence-corrected chi connectivity index (χ4v) is 2.09. The number of rotatable bonds is 2. The lowest BCUT2D eigenvalue weighted by atomic mass is 9.98. The van der Waals surface area contributed by atoms with Crippen molar-refractivity contribution >= 4 is 0 Å². The van der Waals surface area contributed by atoms with Crippen LogP contribution in [0.5, 0.6) is 0 Å². The van der Waals surface area contributed by atoms with Crippen LogP contribution in [0.1, 0.15) is 17.1 Å². The molecule has 0 unspecified atom stereocenters. The predicted molar refractivity (Wildman–Crippen MR) is 59.9 cm³/mol. The van der Waals surface area contributed by atoms with Crippen LogP contribution in [0, 0.1) is 0 Å². The second-order valence-electron chi connectivity index (χ2n) is 3.95. The van der Waals surface area contributed by atoms with Gasteiger partial charge < -0.3 is 10.2 Å². The van der Waals surface area contributed by atoms with Gasteiger partial charge in [0.15, 0.2) is 0 Å². The van der Waals surface area contributed by atoms with E-state index >= 15 is 0 Å². The van der Waals surface area contributed by atoms with E-state index in [4.69, 9.17) is 10.2 Å². The topological polar surface area (TPSA) is 64.9 Å². The van der Waals surface area contributed by atoms with Gasteiger partial charge in [-0.25, -0.2) is 4.98 Å². The third-order valence-electron chi connectivity index (χ3n) is 2.89. The molecule has 0 saturated heterocycles. The first-order valence-electron chi connectivity index (χ1n) is 5.50. The second-order valence-corrected chi connectivity index (χ2v) is 3.95. The van der Waals surface area contributed by atoms with Crippen molar-refractivity contribution in [2.45, 2.75) is 19.3 Å². The molecule has 16 heavy (non-hydrogen) atoms. The van der Waals surface area contributed by atoms with Gasteiger partial charge in [-0.2, -0.15) is 0 Å². The number of furan rings is 1. The van der Waals surface area contributed by atoms with Crippen molar-refractivity contribution in [1.82, 2.24) is 9.97 Å². The van der Waals surface area contributed by atoms with E-state index in [0.29, 0.717) is 6.54 Å². The van der Waals surface area contributed by atoms with E-state index in [1.165, 1.54) is 0 Å². The standard InChI is InChI=1S/C12H13N3O/c13-5-3-8-7-14-10-1-2-11-9(4-6-16-11)12(10)15-8/h4,6-7H,1-3,5,13H2. The van der Waals surface area contributed by atoms with Gasteiger partial charge in [-0.05, 0) is 19.0 Å². The first kappa shape index (κ1) is 9.54. The van der Waals surface area contributed by atoms with Crippen LogP contribution in [0.25, 0.3) is 11.3 Å². The number of fused-ring (bicyclic) bond motifs is 3. The van der Waals surface area contributed by atoms with Crippen LogP contribution in [0.3, 0.4) is 0 Å². The van der Waals surface area contributed by atoms with Crippen molar-refractivity contribution in [3.05, 3.63) is 35.7 Å². The summed E-state index contributed by atoms with van der Waals surface area (Å²) < 4.78 is 5.42. The molecule has 2 heterocycles. The highest BCUT2D eigenvalue weighted by atomic mass is 16.3. The molecule has 0 fully saturated rings. The SMILES string of the molecule is NCCc1cnc2c(n1)-c1ccoc1CC2. The van der Waals surface area contributed by atoms with E-state index in [1.54, 1.807) is 6.26 Å². The second kappa shape index (κ2) is 3.72. The van der Waals surface area contributed by atoms with Crippen LogP contribution in [-0.2, 0) is 19.3 Å². The van der Waals surface area contributed by atoms with Crippen LogP contribution in [0.2, 0.25) is 0 Å². The summed E-state index contributed by atoms with van der Waals surface area (Å²) in [5, 5.41) is 0. The van der Waals surface area contributed by atoms with Crippen molar-refractivity contribution in [1.29, 1.82) is 0 Å². The zero-order chi connectivity index (χ0) is 11.0. The van der Waals surface area contributed by atoms with Gasteiger partial charge in [0.25, 0.3) is 0 Å². The minimum absolute atomic E-state index is 0.603. The third kappa shape index (κ3) is 1.42. The normalized spacial score (nSPS) is 13.3. The van der Waals surface area contributed by atoms with Crippen molar-refractivity contribution in [3.8, 4) is 11.3 Å². The molecule has 0 radical (unpaired) electrons. The first-order valence-corrected chi connectivity index (χ1v) is 5.50. The summed E-state index contributed by atoms with van der Waals surface area (Å²) in [5.74, 6) is 1.02. The van der Waals surface area contributed by atoms with Crippen LogP contribution < -0.4 is 5.73 Å². The quantitative estimate of drug-likeness (QED) is 0.821. The predicted octanol–water partition coefficient (Wildman–Crippen LogP) is 1.34. The smallest absolute Gasteiger partial charge is 0.113 e. The van der Waals surface area contributed by atoms with Gasteiger partial charge >= 0.3 is 0 Å². The fourth-order valence-electron chi connectivity index (χ4n) is 2.09. The van der Waals surface area contributed by atoms with Crippen molar-refractivity contribution in [3.63, 3.8) is 0 Å². The Morgan fingerprint density at radius 1 is 1.38 bits per heavy atom. The average molecular weight is 215 g/mol. The van der Waals surface area contributed by atoms with Crippen molar-refractivity contribution in [2.75, 3.05) is 6.54 Å². The number of nitrogens with zero attached hydrogens (tertiary/aromatic N) is 2. The molecule has 0 aliphatic heterocycles. The molecule has 0 amide bonds. The maximum Gasteiger partial charge on any atom is 0.113 e. The largest absolute Gasteiger partial charge is 0.469 e. The number of aromatic nitrogens is 2. The van der Waals surface area contributed by atoms with Crippen molar-refractivity contribution in [2.24, 2.45) is 5.73 Å². The van der Waals surface area contributed by atoms with E-state index in [0.717, 1.165) is 47.7 Å². The molecule has 3 rings (SSSR count). The molecule has 2 aromatic heterocycles. The molecule has 82 valence electrons. The average Bonchev–Trinajstić information content (AvgIpc) is 2.78. The van der Waals surface area contributed by atoms with Gasteiger partial charge in [0, 0.05) is 24.6 Å². The lowest BCUT2D eigenvalue weighted by molar-refractivity contribution is 0.505. The van der Waals surface area contributed by atoms with Crippen LogP contribution in [0.15, 0.2) is 22.9 Å². The molecule has 0 bridgehead atoms. The summed E-state index contributed by atoms with van der Waals surface area (Å²) in [4.78, 5) is 9.07. The number of hydrogen-bond donors (Lipinski definition) is 1. The summed E-state index contributed by atoms with van der Waals surface area (Å²) >= 11 is 0. The maximum absolute atomic E-state index is 5.52. The molecular formula is C12H13N3O. The Morgan fingerprint density at radius 2 is 2.31 bits per heavy atom. The van der Waals surface area contributed by atoms with E-state index in [9.17, 15) is 0 Å². The van der Waals surface area contributed by atoms with Gasteiger partial charge in [0.1, 0.15) is 5.76 Å². The highest BCUT2D eigenvalue weighted by Crippen LogP contribution is 2.31. The Kier molecular flexibility index (Phi) is 2.22. The summed E-state index contributed by atoms with van der Waals surface area (Å²) in [6.45, 7) is 0.603. The molecule has 4 nitrogen and oxygen atoms in total. The van der Waals surface area contributed by atoms with Crippen LogP contribution in [0.4, 0.5) is 0 Å². The van der Waals surface area contributed by atoms with Crippen LogP contribution in [-0.4, -0.2) is 16.5 Å². The Morgan fingerprint density at radius 3 is 3.19 bits per heavy atom. The molecule has 4 heteroatoms. The summed E-state index contributed by atoms with van der Waals surface area (Å²) in [5.41, 5.74) is 9.61. The monoisotopic (exact) mass is 215 g/mol. The molecule has 2 aromatic rings. The Labute approximate surface area is 93.5 Å². The minimum atomic E-state index is 0.603. The number of hydrogen-bond acceptors (Lipinski definition) is 4. The van der Waals surface area contributed by atoms with Crippen molar-refractivity contribution < 1.29 is 4.42 Å². The lowest BCUT2D eigenvalue weighted by Gasteiger charge is -2.14. The van der Waals surface area contributed by atoms with E-state index in [-0.39, 0.29) is 0 Å². The Hall–Kier alpha value is -1.68. The number of nitrogens with two attached hydrogens (primary N) is 1. The number of aryl methyl sites for hydroxylation is 2. The molecule has 2 N–H and O–H groups in total. The Bertz CT molecular complexity index is 519. The molecule has 0 atom stereocenters. The van der Waals surface area contributed by atoms with Gasteiger partial charge in [-0.3, -0.25) is 4.98 Å². The molecule has 0 spiro atoms. The van der Waals surface area contributed by atoms with Crippen LogP contribution >= 0.6 is 0 Å².